The van der Waals surface area contributed by atoms with Gasteiger partial charge in [0.2, 0.25) is 5.91 Å². The number of piperidine rings is 1. The number of para-hydroxylation sites is 1. The Morgan fingerprint density at radius 3 is 2.56 bits per heavy atom. The molecule has 0 radical (unpaired) electrons. The average Bonchev–Trinajstić information content (AvgIpc) is 3.35. The number of anilines is 1. The lowest BCUT2D eigenvalue weighted by Gasteiger charge is -2.38. The van der Waals surface area contributed by atoms with Gasteiger partial charge in [0, 0.05) is 49.9 Å². The molecular weight excluding hydrogens is 431 g/mol. The second-order valence-corrected chi connectivity index (χ2v) is 9.31. The Morgan fingerprint density at radius 1 is 1.03 bits per heavy atom. The van der Waals surface area contributed by atoms with E-state index in [0.29, 0.717) is 24.0 Å². The van der Waals surface area contributed by atoms with Crippen LogP contribution in [0.3, 0.4) is 0 Å². The topological polar surface area (TPSA) is 61.6 Å². The number of hydrogen-bond donors (Lipinski definition) is 1. The third-order valence-electron chi connectivity index (χ3n) is 7.11. The Hall–Kier alpha value is -3.19. The highest BCUT2D eigenvalue weighted by molar-refractivity contribution is 5.77. The van der Waals surface area contributed by atoms with Crippen LogP contribution in [0.15, 0.2) is 65.2 Å². The highest BCUT2D eigenvalue weighted by atomic mass is 19.1. The fourth-order valence-corrected chi connectivity index (χ4v) is 5.12. The minimum atomic E-state index is -0.272. The lowest BCUT2D eigenvalue weighted by molar-refractivity contribution is -0.133. The number of rotatable bonds is 6. The van der Waals surface area contributed by atoms with Crippen LogP contribution in [0.4, 0.5) is 10.1 Å². The summed E-state index contributed by atoms with van der Waals surface area (Å²) >= 11 is 0. The van der Waals surface area contributed by atoms with E-state index in [1.54, 1.807) is 12.1 Å². The zero-order valence-electron chi connectivity index (χ0n) is 19.3. The summed E-state index contributed by atoms with van der Waals surface area (Å²) in [6, 6.07) is 18.6. The summed E-state index contributed by atoms with van der Waals surface area (Å²) < 4.78 is 18.7. The first-order chi connectivity index (χ1) is 16.7. The van der Waals surface area contributed by atoms with Crippen LogP contribution < -0.4 is 10.2 Å². The Balaban J connectivity index is 1.17. The second kappa shape index (κ2) is 10.4. The number of halogens is 1. The van der Waals surface area contributed by atoms with Crippen LogP contribution in [0.1, 0.15) is 18.5 Å². The van der Waals surface area contributed by atoms with Crippen molar-refractivity contribution in [2.24, 2.45) is 11.8 Å². The number of carbonyl (C=O) groups excluding carboxylic acids is 1. The highest BCUT2D eigenvalue weighted by Crippen LogP contribution is 2.29. The number of amides is 1. The van der Waals surface area contributed by atoms with Gasteiger partial charge in [-0.2, -0.15) is 0 Å². The minimum Gasteiger partial charge on any atom is -0.368 e. The van der Waals surface area contributed by atoms with Crippen LogP contribution >= 0.6 is 0 Å². The minimum absolute atomic E-state index is 0.261. The van der Waals surface area contributed by atoms with Gasteiger partial charge in [0.25, 0.3) is 0 Å². The highest BCUT2D eigenvalue weighted by Gasteiger charge is 2.30. The van der Waals surface area contributed by atoms with Gasteiger partial charge in [0.15, 0.2) is 5.76 Å². The number of carbonyl (C=O) groups is 1. The fourth-order valence-electron chi connectivity index (χ4n) is 5.12. The zero-order chi connectivity index (χ0) is 23.3. The molecule has 2 aliphatic rings. The van der Waals surface area contributed by atoms with E-state index >= 15 is 0 Å². The Labute approximate surface area is 199 Å². The molecule has 2 aliphatic heterocycles. The first kappa shape index (κ1) is 22.6. The molecule has 1 N–H and O–H groups in total. The van der Waals surface area contributed by atoms with Gasteiger partial charge in [-0.25, -0.2) is 4.39 Å². The molecule has 2 saturated heterocycles. The van der Waals surface area contributed by atoms with Gasteiger partial charge >= 0.3 is 0 Å². The van der Waals surface area contributed by atoms with Gasteiger partial charge in [0.05, 0.1) is 5.69 Å². The lowest BCUT2D eigenvalue weighted by Crippen LogP contribution is -2.50. The van der Waals surface area contributed by atoms with E-state index in [1.807, 2.05) is 17.0 Å². The van der Waals surface area contributed by atoms with Crippen LogP contribution in [0.5, 0.6) is 0 Å². The molecule has 2 aromatic carbocycles. The molecule has 1 aromatic heterocycles. The van der Waals surface area contributed by atoms with Gasteiger partial charge in [-0.3, -0.25) is 4.79 Å². The summed E-state index contributed by atoms with van der Waals surface area (Å²) in [5.74, 6) is 1.28. The molecule has 0 aliphatic carbocycles. The Kier molecular flexibility index (Phi) is 6.90. The van der Waals surface area contributed by atoms with Crippen molar-refractivity contribution < 1.29 is 13.7 Å². The van der Waals surface area contributed by atoms with Crippen molar-refractivity contribution in [3.63, 3.8) is 0 Å². The molecule has 5 rings (SSSR count). The van der Waals surface area contributed by atoms with Crippen molar-refractivity contribution in [2.45, 2.75) is 19.3 Å². The van der Waals surface area contributed by atoms with E-state index in [2.05, 4.69) is 39.6 Å². The van der Waals surface area contributed by atoms with Crippen LogP contribution in [0.2, 0.25) is 0 Å². The summed E-state index contributed by atoms with van der Waals surface area (Å²) in [5, 5.41) is 7.73. The fraction of sp³-hybridized carbons (Fsp3) is 0.407. The van der Waals surface area contributed by atoms with Crippen molar-refractivity contribution in [2.75, 3.05) is 44.2 Å². The monoisotopic (exact) mass is 462 g/mol. The van der Waals surface area contributed by atoms with E-state index < -0.39 is 0 Å². The summed E-state index contributed by atoms with van der Waals surface area (Å²) in [6.07, 6.45) is 2.33. The van der Waals surface area contributed by atoms with E-state index in [0.717, 1.165) is 63.4 Å². The third-order valence-corrected chi connectivity index (χ3v) is 7.11. The molecular formula is C27H31FN4O2. The SMILES string of the molecule is O=C(C[C@H]1CCNC[C@@H]1Cc1cc(-c2ccc(F)cc2)on1)N1CCN(c2ccccc2)CC1. The number of benzene rings is 2. The number of hydrogen-bond acceptors (Lipinski definition) is 5. The van der Waals surface area contributed by atoms with Crippen molar-refractivity contribution in [1.82, 2.24) is 15.4 Å². The van der Waals surface area contributed by atoms with E-state index in [-0.39, 0.29) is 11.7 Å². The summed E-state index contributed by atoms with van der Waals surface area (Å²) in [4.78, 5) is 17.5. The Morgan fingerprint density at radius 2 is 1.79 bits per heavy atom. The quantitative estimate of drug-likeness (QED) is 0.600. The molecule has 34 heavy (non-hydrogen) atoms. The molecule has 3 heterocycles. The molecule has 2 fully saturated rings. The molecule has 6 nitrogen and oxygen atoms in total. The van der Waals surface area contributed by atoms with Crippen molar-refractivity contribution in [3.05, 3.63) is 72.2 Å². The predicted octanol–water partition coefficient (Wildman–Crippen LogP) is 3.99. The first-order valence-electron chi connectivity index (χ1n) is 12.2. The van der Waals surface area contributed by atoms with Gasteiger partial charge in [-0.1, -0.05) is 23.4 Å². The van der Waals surface area contributed by atoms with Crippen molar-refractivity contribution >= 4 is 11.6 Å². The molecule has 2 atom stereocenters. The summed E-state index contributed by atoms with van der Waals surface area (Å²) in [7, 11) is 0. The van der Waals surface area contributed by atoms with Gasteiger partial charge in [-0.05, 0) is 74.2 Å². The maximum atomic E-state index is 13.2. The van der Waals surface area contributed by atoms with Crippen LogP contribution in [0.25, 0.3) is 11.3 Å². The largest absolute Gasteiger partial charge is 0.368 e. The van der Waals surface area contributed by atoms with Crippen LogP contribution in [-0.4, -0.2) is 55.2 Å². The van der Waals surface area contributed by atoms with Crippen LogP contribution in [-0.2, 0) is 11.2 Å². The molecule has 0 saturated carbocycles. The van der Waals surface area contributed by atoms with E-state index in [1.165, 1.54) is 17.8 Å². The maximum Gasteiger partial charge on any atom is 0.222 e. The summed E-state index contributed by atoms with van der Waals surface area (Å²) in [6.45, 7) is 5.10. The summed E-state index contributed by atoms with van der Waals surface area (Å²) in [5.41, 5.74) is 2.91. The molecule has 0 bridgehead atoms. The van der Waals surface area contributed by atoms with Gasteiger partial charge < -0.3 is 19.6 Å². The molecule has 0 unspecified atom stereocenters. The number of nitrogens with zero attached hydrogens (tertiary/aromatic N) is 3. The lowest BCUT2D eigenvalue weighted by atomic mass is 9.81. The standard InChI is InChI=1S/C27H31FN4O2/c28-23-8-6-20(7-9-23)26-18-24(30-34-26)16-22-19-29-11-10-21(22)17-27(33)32-14-12-31(13-15-32)25-4-2-1-3-5-25/h1-9,18,21-22,29H,10-17,19H2/t21-,22+/m1/s1. The van der Waals surface area contributed by atoms with Gasteiger partial charge in [0.1, 0.15) is 5.82 Å². The normalized spacial score (nSPS) is 21.0. The van der Waals surface area contributed by atoms with E-state index in [4.69, 9.17) is 4.52 Å². The van der Waals surface area contributed by atoms with Crippen molar-refractivity contribution in [3.8, 4) is 11.3 Å². The zero-order valence-corrected chi connectivity index (χ0v) is 19.3. The Bertz CT molecular complexity index is 1080. The van der Waals surface area contributed by atoms with Crippen molar-refractivity contribution in [1.29, 1.82) is 0 Å². The second-order valence-electron chi connectivity index (χ2n) is 9.31. The molecule has 0 spiro atoms. The molecule has 1 amide bonds. The molecule has 178 valence electrons. The number of nitrogens with one attached hydrogen (secondary N) is 1. The smallest absolute Gasteiger partial charge is 0.222 e. The third kappa shape index (κ3) is 5.30. The average molecular weight is 463 g/mol. The number of aromatic nitrogens is 1. The molecule has 3 aromatic rings. The predicted molar refractivity (Wildman–Crippen MR) is 130 cm³/mol. The van der Waals surface area contributed by atoms with Crippen LogP contribution in [0, 0.1) is 17.7 Å². The first-order valence-corrected chi connectivity index (χ1v) is 12.2. The molecule has 7 heteroatoms. The van der Waals surface area contributed by atoms with E-state index in [9.17, 15) is 9.18 Å². The number of piperazine rings is 1. The maximum absolute atomic E-state index is 13.2. The van der Waals surface area contributed by atoms with Gasteiger partial charge in [-0.15, -0.1) is 0 Å².